The van der Waals surface area contributed by atoms with Crippen molar-refractivity contribution in [1.29, 1.82) is 0 Å². The van der Waals surface area contributed by atoms with Gasteiger partial charge in [0.1, 0.15) is 10.8 Å². The SMILES string of the molecule is COc1cccc(NC(=O)c2cccnc2SCC(=O)Nc2ccc3c(c2)OCO3)c1. The molecule has 31 heavy (non-hydrogen) atoms. The number of ether oxygens (including phenoxy) is 3. The van der Waals surface area contributed by atoms with Crippen LogP contribution in [0, 0.1) is 0 Å². The third-order valence-electron chi connectivity index (χ3n) is 4.34. The van der Waals surface area contributed by atoms with E-state index in [1.54, 1.807) is 67.9 Å². The molecule has 0 saturated heterocycles. The molecule has 2 heterocycles. The number of aromatic nitrogens is 1. The van der Waals surface area contributed by atoms with Crippen molar-refractivity contribution in [3.63, 3.8) is 0 Å². The zero-order valence-electron chi connectivity index (χ0n) is 16.6. The highest BCUT2D eigenvalue weighted by Gasteiger charge is 2.16. The van der Waals surface area contributed by atoms with Gasteiger partial charge in [-0.15, -0.1) is 0 Å². The first-order valence-corrected chi connectivity index (χ1v) is 10.3. The molecule has 0 bridgehead atoms. The van der Waals surface area contributed by atoms with Crippen molar-refractivity contribution in [3.05, 3.63) is 66.4 Å². The van der Waals surface area contributed by atoms with Gasteiger partial charge in [0, 0.05) is 29.7 Å². The third-order valence-corrected chi connectivity index (χ3v) is 5.34. The number of amides is 2. The molecule has 0 spiro atoms. The second-order valence-electron chi connectivity index (χ2n) is 6.45. The summed E-state index contributed by atoms with van der Waals surface area (Å²) in [6, 6.07) is 15.6. The summed E-state index contributed by atoms with van der Waals surface area (Å²) in [7, 11) is 1.56. The fraction of sp³-hybridized carbons (Fsp3) is 0.136. The molecule has 2 amide bonds. The van der Waals surface area contributed by atoms with Crippen molar-refractivity contribution >= 4 is 35.0 Å². The second-order valence-corrected chi connectivity index (χ2v) is 7.41. The van der Waals surface area contributed by atoms with Crippen LogP contribution in [-0.4, -0.2) is 36.5 Å². The Morgan fingerprint density at radius 2 is 1.87 bits per heavy atom. The number of nitrogens with one attached hydrogen (secondary N) is 2. The number of hydrogen-bond acceptors (Lipinski definition) is 7. The Bertz CT molecular complexity index is 1120. The summed E-state index contributed by atoms with van der Waals surface area (Å²) in [5, 5.41) is 6.09. The maximum Gasteiger partial charge on any atom is 0.258 e. The van der Waals surface area contributed by atoms with Crippen LogP contribution in [0.25, 0.3) is 0 Å². The topological polar surface area (TPSA) is 98.8 Å². The van der Waals surface area contributed by atoms with Crippen LogP contribution in [0.15, 0.2) is 65.8 Å². The molecule has 0 atom stereocenters. The van der Waals surface area contributed by atoms with Gasteiger partial charge < -0.3 is 24.8 Å². The number of hydrogen-bond donors (Lipinski definition) is 2. The molecule has 1 aliphatic rings. The van der Waals surface area contributed by atoms with Gasteiger partial charge in [0.25, 0.3) is 5.91 Å². The summed E-state index contributed by atoms with van der Waals surface area (Å²) >= 11 is 1.18. The first kappa shape index (κ1) is 20.5. The molecule has 9 heteroatoms. The highest BCUT2D eigenvalue weighted by atomic mass is 32.2. The second kappa shape index (κ2) is 9.40. The Balaban J connectivity index is 1.39. The van der Waals surface area contributed by atoms with Crippen LogP contribution in [0.5, 0.6) is 17.2 Å². The summed E-state index contributed by atoms with van der Waals surface area (Å²) in [5.41, 5.74) is 1.59. The molecule has 0 saturated carbocycles. The molecular weight excluding hydrogens is 418 g/mol. The third kappa shape index (κ3) is 5.07. The first-order chi connectivity index (χ1) is 15.1. The molecule has 0 fully saturated rings. The zero-order chi connectivity index (χ0) is 21.6. The molecule has 2 aromatic carbocycles. The maximum atomic E-state index is 12.7. The molecule has 3 aromatic rings. The van der Waals surface area contributed by atoms with E-state index in [1.807, 2.05) is 0 Å². The van der Waals surface area contributed by atoms with Gasteiger partial charge in [-0.2, -0.15) is 0 Å². The largest absolute Gasteiger partial charge is 0.497 e. The Labute approximate surface area is 182 Å². The number of thioether (sulfide) groups is 1. The number of pyridine rings is 1. The number of fused-ring (bicyclic) bond motifs is 1. The normalized spacial score (nSPS) is 11.6. The molecule has 1 aliphatic heterocycles. The Morgan fingerprint density at radius 1 is 1.03 bits per heavy atom. The van der Waals surface area contributed by atoms with Gasteiger partial charge in [-0.05, 0) is 36.4 Å². The standard InChI is InChI=1S/C22H19N3O5S/c1-28-16-5-2-4-14(10-16)25-21(27)17-6-3-9-23-22(17)31-12-20(26)24-15-7-8-18-19(11-15)30-13-29-18/h2-11H,12-13H2,1H3,(H,24,26)(H,25,27). The van der Waals surface area contributed by atoms with Crippen molar-refractivity contribution in [2.45, 2.75) is 5.03 Å². The monoisotopic (exact) mass is 437 g/mol. The Morgan fingerprint density at radius 3 is 2.74 bits per heavy atom. The van der Waals surface area contributed by atoms with Crippen LogP contribution in [0.3, 0.4) is 0 Å². The van der Waals surface area contributed by atoms with E-state index in [2.05, 4.69) is 15.6 Å². The lowest BCUT2D eigenvalue weighted by atomic mass is 10.2. The van der Waals surface area contributed by atoms with Crippen LogP contribution >= 0.6 is 11.8 Å². The molecule has 2 N–H and O–H groups in total. The van der Waals surface area contributed by atoms with E-state index in [1.165, 1.54) is 11.8 Å². The number of carbonyl (C=O) groups is 2. The molecule has 158 valence electrons. The van der Waals surface area contributed by atoms with Crippen molar-refractivity contribution in [3.8, 4) is 17.2 Å². The van der Waals surface area contributed by atoms with Crippen LogP contribution in [0.1, 0.15) is 10.4 Å². The predicted molar refractivity (Wildman–Crippen MR) is 117 cm³/mol. The highest BCUT2D eigenvalue weighted by Crippen LogP contribution is 2.34. The van der Waals surface area contributed by atoms with Crippen LogP contribution in [0.2, 0.25) is 0 Å². The fourth-order valence-electron chi connectivity index (χ4n) is 2.88. The molecule has 4 rings (SSSR count). The average molecular weight is 437 g/mol. The average Bonchev–Trinajstić information content (AvgIpc) is 3.26. The smallest absolute Gasteiger partial charge is 0.258 e. The molecule has 0 unspecified atom stereocenters. The molecule has 1 aromatic heterocycles. The number of benzene rings is 2. The maximum absolute atomic E-state index is 12.7. The van der Waals surface area contributed by atoms with E-state index in [0.29, 0.717) is 39.2 Å². The van der Waals surface area contributed by atoms with Gasteiger partial charge in [-0.3, -0.25) is 9.59 Å². The van der Waals surface area contributed by atoms with Crippen molar-refractivity contribution in [2.24, 2.45) is 0 Å². The van der Waals surface area contributed by atoms with Gasteiger partial charge in [0.05, 0.1) is 18.4 Å². The quantitative estimate of drug-likeness (QED) is 0.543. The van der Waals surface area contributed by atoms with Gasteiger partial charge in [-0.25, -0.2) is 4.98 Å². The lowest BCUT2D eigenvalue weighted by molar-refractivity contribution is -0.113. The van der Waals surface area contributed by atoms with Gasteiger partial charge in [-0.1, -0.05) is 17.8 Å². The summed E-state index contributed by atoms with van der Waals surface area (Å²) < 4.78 is 15.8. The number of nitrogens with zero attached hydrogens (tertiary/aromatic N) is 1. The van der Waals surface area contributed by atoms with E-state index in [0.717, 1.165) is 0 Å². The molecule has 8 nitrogen and oxygen atoms in total. The molecular formula is C22H19N3O5S. The van der Waals surface area contributed by atoms with Crippen LogP contribution in [-0.2, 0) is 4.79 Å². The number of carbonyl (C=O) groups excluding carboxylic acids is 2. The Hall–Kier alpha value is -3.72. The van der Waals surface area contributed by atoms with E-state index >= 15 is 0 Å². The van der Waals surface area contributed by atoms with Gasteiger partial charge in [0.2, 0.25) is 12.7 Å². The minimum atomic E-state index is -0.319. The number of rotatable bonds is 7. The summed E-state index contributed by atoms with van der Waals surface area (Å²) in [6.45, 7) is 0.170. The van der Waals surface area contributed by atoms with E-state index < -0.39 is 0 Å². The van der Waals surface area contributed by atoms with Crippen LogP contribution < -0.4 is 24.8 Å². The van der Waals surface area contributed by atoms with Gasteiger partial charge in [0.15, 0.2) is 11.5 Å². The minimum Gasteiger partial charge on any atom is -0.497 e. The Kier molecular flexibility index (Phi) is 6.23. The summed E-state index contributed by atoms with van der Waals surface area (Å²) in [4.78, 5) is 29.4. The summed E-state index contributed by atoms with van der Waals surface area (Å²) in [5.74, 6) is 1.41. The first-order valence-electron chi connectivity index (χ1n) is 9.35. The lowest BCUT2D eigenvalue weighted by Gasteiger charge is -2.10. The molecule has 0 radical (unpaired) electrons. The van der Waals surface area contributed by atoms with Gasteiger partial charge >= 0.3 is 0 Å². The van der Waals surface area contributed by atoms with Crippen LogP contribution in [0.4, 0.5) is 11.4 Å². The van der Waals surface area contributed by atoms with E-state index in [4.69, 9.17) is 14.2 Å². The van der Waals surface area contributed by atoms with Crippen molar-refractivity contribution < 1.29 is 23.8 Å². The van der Waals surface area contributed by atoms with Crippen molar-refractivity contribution in [1.82, 2.24) is 4.98 Å². The molecule has 0 aliphatic carbocycles. The van der Waals surface area contributed by atoms with E-state index in [-0.39, 0.29) is 24.4 Å². The number of methoxy groups -OCH3 is 1. The number of anilines is 2. The highest BCUT2D eigenvalue weighted by molar-refractivity contribution is 8.00. The van der Waals surface area contributed by atoms with E-state index in [9.17, 15) is 9.59 Å². The minimum absolute atomic E-state index is 0.0882. The fourth-order valence-corrected chi connectivity index (χ4v) is 3.67. The lowest BCUT2D eigenvalue weighted by Crippen LogP contribution is -2.16. The van der Waals surface area contributed by atoms with Crippen molar-refractivity contribution in [2.75, 3.05) is 30.3 Å². The summed E-state index contributed by atoms with van der Waals surface area (Å²) in [6.07, 6.45) is 1.58. The predicted octanol–water partition coefficient (Wildman–Crippen LogP) is 3.80. The zero-order valence-corrected chi connectivity index (χ0v) is 17.4.